The van der Waals surface area contributed by atoms with Crippen molar-refractivity contribution in [3.8, 4) is 10.8 Å². The molecule has 1 aliphatic heterocycles. The fraction of sp³-hybridized carbons (Fsp3) is 0.375. The first kappa shape index (κ1) is 19.2. The van der Waals surface area contributed by atoms with Crippen molar-refractivity contribution in [1.82, 2.24) is 19.5 Å². The molecule has 0 spiro atoms. The summed E-state index contributed by atoms with van der Waals surface area (Å²) in [5.74, 6) is -0.210. The molecule has 4 rings (SSSR count). The summed E-state index contributed by atoms with van der Waals surface area (Å²) in [6.07, 6.45) is 1.04. The Balaban J connectivity index is 1.51. The highest BCUT2D eigenvalue weighted by Gasteiger charge is 2.40. The van der Waals surface area contributed by atoms with E-state index in [9.17, 15) is 13.2 Å². The first-order valence-electron chi connectivity index (χ1n) is 8.50. The van der Waals surface area contributed by atoms with Crippen LogP contribution in [0, 0.1) is 13.8 Å². The lowest BCUT2D eigenvalue weighted by atomic mass is 10.2. The number of carbonyl (C=O) groups excluding carboxylic acids is 1. The van der Waals surface area contributed by atoms with Crippen LogP contribution in [0.15, 0.2) is 26.1 Å². The summed E-state index contributed by atoms with van der Waals surface area (Å²) >= 11 is 2.55. The Morgan fingerprint density at radius 1 is 1.36 bits per heavy atom. The van der Waals surface area contributed by atoms with Gasteiger partial charge >= 0.3 is 6.01 Å². The summed E-state index contributed by atoms with van der Waals surface area (Å²) in [4.78, 5) is 17.8. The van der Waals surface area contributed by atoms with Crippen LogP contribution < -0.4 is 5.32 Å². The van der Waals surface area contributed by atoms with Gasteiger partial charge in [-0.2, -0.15) is 4.31 Å². The van der Waals surface area contributed by atoms with E-state index in [-0.39, 0.29) is 16.1 Å². The van der Waals surface area contributed by atoms with Crippen LogP contribution in [0.1, 0.15) is 23.5 Å². The molecule has 1 fully saturated rings. The maximum atomic E-state index is 12.8. The van der Waals surface area contributed by atoms with Crippen molar-refractivity contribution in [2.45, 2.75) is 36.9 Å². The van der Waals surface area contributed by atoms with Gasteiger partial charge in [0.2, 0.25) is 5.91 Å². The van der Waals surface area contributed by atoms with Gasteiger partial charge in [0.1, 0.15) is 15.1 Å². The first-order chi connectivity index (χ1) is 13.4. The lowest BCUT2D eigenvalue weighted by molar-refractivity contribution is -0.119. The molecule has 4 heterocycles. The summed E-state index contributed by atoms with van der Waals surface area (Å²) in [5.41, 5.74) is 0.771. The van der Waals surface area contributed by atoms with Crippen LogP contribution in [0.3, 0.4) is 0 Å². The Hall–Kier alpha value is -2.15. The van der Waals surface area contributed by atoms with Gasteiger partial charge in [0.15, 0.2) is 0 Å². The van der Waals surface area contributed by atoms with Gasteiger partial charge in [-0.1, -0.05) is 11.2 Å². The Morgan fingerprint density at radius 3 is 2.86 bits per heavy atom. The van der Waals surface area contributed by atoms with Crippen LogP contribution in [-0.4, -0.2) is 46.4 Å². The molecule has 3 aromatic heterocycles. The van der Waals surface area contributed by atoms with Crippen molar-refractivity contribution >= 4 is 44.6 Å². The summed E-state index contributed by atoms with van der Waals surface area (Å²) in [6, 6.07) is 2.34. The van der Waals surface area contributed by atoms with Gasteiger partial charge in [0.05, 0.1) is 10.7 Å². The van der Waals surface area contributed by atoms with Crippen LogP contribution in [0.25, 0.3) is 10.8 Å². The highest BCUT2D eigenvalue weighted by Crippen LogP contribution is 2.31. The molecule has 9 nitrogen and oxygen atoms in total. The zero-order valence-corrected chi connectivity index (χ0v) is 17.5. The number of amides is 1. The second kappa shape index (κ2) is 7.35. The molecule has 12 heteroatoms. The smallest absolute Gasteiger partial charge is 0.322 e. The van der Waals surface area contributed by atoms with Gasteiger partial charge in [-0.15, -0.1) is 27.8 Å². The van der Waals surface area contributed by atoms with E-state index < -0.39 is 22.0 Å². The van der Waals surface area contributed by atoms with Crippen LogP contribution in [0.4, 0.5) is 6.01 Å². The van der Waals surface area contributed by atoms with Crippen molar-refractivity contribution in [3.63, 3.8) is 0 Å². The monoisotopic (exact) mass is 439 g/mol. The Labute approximate surface area is 169 Å². The fourth-order valence-electron chi connectivity index (χ4n) is 3.10. The molecule has 0 saturated carbocycles. The van der Waals surface area contributed by atoms with Crippen LogP contribution in [0.5, 0.6) is 0 Å². The number of carbonyl (C=O) groups is 1. The van der Waals surface area contributed by atoms with Gasteiger partial charge in [0.25, 0.3) is 15.9 Å². The molecule has 148 valence electrons. The van der Waals surface area contributed by atoms with Crippen molar-refractivity contribution in [2.24, 2.45) is 0 Å². The number of aryl methyl sites for hydroxylation is 2. The van der Waals surface area contributed by atoms with Crippen LogP contribution >= 0.6 is 22.7 Å². The second-order valence-corrected chi connectivity index (χ2v) is 10.5. The molecule has 1 saturated heterocycles. The summed E-state index contributed by atoms with van der Waals surface area (Å²) in [5, 5.41) is 12.9. The van der Waals surface area contributed by atoms with Crippen LogP contribution in [0.2, 0.25) is 0 Å². The van der Waals surface area contributed by atoms with E-state index in [0.717, 1.165) is 26.9 Å². The standard InChI is InChI=1S/C16H17N5O4S3/c1-9-13(27-10(2)17-9)15-19-20-16(25-15)18-14(22)11-5-3-7-21(11)28(23,24)12-6-4-8-26-12/h4,6,8,11H,3,5,7H2,1-2H3,(H,18,20,22)/t11-/m1/s1. The number of hydrogen-bond acceptors (Lipinski definition) is 9. The first-order valence-corrected chi connectivity index (χ1v) is 11.6. The Morgan fingerprint density at radius 2 is 2.18 bits per heavy atom. The molecular weight excluding hydrogens is 422 g/mol. The number of nitrogens with one attached hydrogen (secondary N) is 1. The van der Waals surface area contributed by atoms with E-state index in [1.807, 2.05) is 13.8 Å². The van der Waals surface area contributed by atoms with E-state index in [2.05, 4.69) is 20.5 Å². The highest BCUT2D eigenvalue weighted by molar-refractivity contribution is 7.91. The average molecular weight is 440 g/mol. The number of sulfonamides is 1. The lowest BCUT2D eigenvalue weighted by Gasteiger charge is -2.21. The number of thiazole rings is 1. The predicted molar refractivity (Wildman–Crippen MR) is 105 cm³/mol. The lowest BCUT2D eigenvalue weighted by Crippen LogP contribution is -2.42. The molecule has 0 aliphatic carbocycles. The summed E-state index contributed by atoms with van der Waals surface area (Å²) < 4.78 is 32.6. The quantitative estimate of drug-likeness (QED) is 0.649. The molecule has 1 aliphatic rings. The topological polar surface area (TPSA) is 118 Å². The normalized spacial score (nSPS) is 17.9. The van der Waals surface area contributed by atoms with Gasteiger partial charge in [-0.3, -0.25) is 10.1 Å². The van der Waals surface area contributed by atoms with Crippen molar-refractivity contribution in [2.75, 3.05) is 11.9 Å². The number of rotatable bonds is 5. The van der Waals surface area contributed by atoms with Gasteiger partial charge < -0.3 is 4.42 Å². The molecule has 0 unspecified atom stereocenters. The Kier molecular flexibility index (Phi) is 5.04. The highest BCUT2D eigenvalue weighted by atomic mass is 32.2. The number of nitrogens with zero attached hydrogens (tertiary/aromatic N) is 4. The van der Waals surface area contributed by atoms with Crippen LogP contribution in [-0.2, 0) is 14.8 Å². The summed E-state index contributed by atoms with van der Waals surface area (Å²) in [6.45, 7) is 4.02. The van der Waals surface area contributed by atoms with E-state index in [0.29, 0.717) is 19.4 Å². The van der Waals surface area contributed by atoms with Crippen molar-refractivity contribution < 1.29 is 17.6 Å². The second-order valence-electron chi connectivity index (χ2n) is 6.25. The largest absolute Gasteiger partial charge is 0.402 e. The SMILES string of the molecule is Cc1nc(C)c(-c2nnc(NC(=O)[C@H]3CCCN3S(=O)(=O)c3cccs3)o2)s1. The van der Waals surface area contributed by atoms with Gasteiger partial charge in [-0.05, 0) is 38.1 Å². The zero-order valence-electron chi connectivity index (χ0n) is 15.1. The number of anilines is 1. The minimum absolute atomic E-state index is 0.0641. The number of hydrogen-bond donors (Lipinski definition) is 1. The minimum atomic E-state index is -3.70. The summed E-state index contributed by atoms with van der Waals surface area (Å²) in [7, 11) is -3.70. The molecule has 28 heavy (non-hydrogen) atoms. The molecule has 0 bridgehead atoms. The van der Waals surface area contributed by atoms with Crippen molar-refractivity contribution in [3.05, 3.63) is 28.2 Å². The Bertz CT molecular complexity index is 1100. The molecular formula is C16H17N5O4S3. The number of aromatic nitrogens is 3. The third kappa shape index (κ3) is 3.48. The molecule has 1 atom stereocenters. The maximum absolute atomic E-state index is 12.8. The maximum Gasteiger partial charge on any atom is 0.322 e. The molecule has 3 aromatic rings. The van der Waals surface area contributed by atoms with Gasteiger partial charge in [0, 0.05) is 6.54 Å². The zero-order chi connectivity index (χ0) is 19.9. The molecule has 0 radical (unpaired) electrons. The fourth-order valence-corrected chi connectivity index (χ4v) is 6.72. The van der Waals surface area contributed by atoms with Gasteiger partial charge in [-0.25, -0.2) is 13.4 Å². The third-order valence-electron chi connectivity index (χ3n) is 4.32. The third-order valence-corrected chi connectivity index (χ3v) is 8.66. The predicted octanol–water partition coefficient (Wildman–Crippen LogP) is 2.66. The van der Waals surface area contributed by atoms with Crippen molar-refractivity contribution in [1.29, 1.82) is 0 Å². The molecule has 1 N–H and O–H groups in total. The van der Waals surface area contributed by atoms with E-state index in [4.69, 9.17) is 4.42 Å². The van der Waals surface area contributed by atoms with E-state index in [1.54, 1.807) is 11.4 Å². The minimum Gasteiger partial charge on any atom is -0.402 e. The van der Waals surface area contributed by atoms with E-state index >= 15 is 0 Å². The average Bonchev–Trinajstić information content (AvgIpc) is 3.42. The molecule has 1 amide bonds. The number of thiophene rings is 1. The molecule has 0 aromatic carbocycles. The van der Waals surface area contributed by atoms with E-state index in [1.165, 1.54) is 21.7 Å².